The average molecular weight is 258 g/mol. The number of hydrogen-bond acceptors (Lipinski definition) is 2. The van der Waals surface area contributed by atoms with Crippen LogP contribution in [0.1, 0.15) is 12.0 Å². The molecule has 0 saturated carbocycles. The molecule has 1 aliphatic rings. The van der Waals surface area contributed by atoms with Gasteiger partial charge in [-0.25, -0.2) is 0 Å². The van der Waals surface area contributed by atoms with Gasteiger partial charge in [0.1, 0.15) is 0 Å². The fourth-order valence-corrected chi connectivity index (χ4v) is 2.49. The summed E-state index contributed by atoms with van der Waals surface area (Å²) in [7, 11) is 1.91. The van der Waals surface area contributed by atoms with E-state index in [2.05, 4.69) is 6.07 Å². The van der Waals surface area contributed by atoms with Gasteiger partial charge in [-0.3, -0.25) is 4.79 Å². The van der Waals surface area contributed by atoms with Gasteiger partial charge in [-0.2, -0.15) is 0 Å². The van der Waals surface area contributed by atoms with E-state index in [1.807, 2.05) is 30.1 Å². The number of carbonyl (C=O) groups excluding carboxylic acids is 1. The highest BCUT2D eigenvalue weighted by atomic mass is 35.5. The van der Waals surface area contributed by atoms with E-state index in [4.69, 9.17) is 23.2 Å². The lowest BCUT2D eigenvalue weighted by Crippen LogP contribution is -2.44. The molecule has 1 aromatic rings. The lowest BCUT2D eigenvalue weighted by molar-refractivity contribution is -0.118. The maximum Gasteiger partial charge on any atom is 0.187 e. The molecule has 1 unspecified atom stereocenters. The number of alkyl halides is 2. The second-order valence-electron chi connectivity index (χ2n) is 4.00. The van der Waals surface area contributed by atoms with Crippen LogP contribution in [0.3, 0.4) is 0 Å². The van der Waals surface area contributed by atoms with Gasteiger partial charge >= 0.3 is 0 Å². The molecule has 1 aromatic carbocycles. The monoisotopic (exact) mass is 257 g/mol. The first-order chi connectivity index (χ1) is 7.61. The summed E-state index contributed by atoms with van der Waals surface area (Å²) in [6.45, 7) is 0. The van der Waals surface area contributed by atoms with Crippen molar-refractivity contribution < 1.29 is 4.79 Å². The molecule has 1 atom stereocenters. The Morgan fingerprint density at radius 2 is 2.12 bits per heavy atom. The first-order valence-electron chi connectivity index (χ1n) is 5.24. The van der Waals surface area contributed by atoms with Gasteiger partial charge in [0.15, 0.2) is 10.6 Å². The number of likely N-dealkylation sites (N-methyl/N-ethyl adjacent to an activating group) is 1. The van der Waals surface area contributed by atoms with E-state index in [0.29, 0.717) is 0 Å². The Kier molecular flexibility index (Phi) is 3.41. The maximum absolute atomic E-state index is 11.8. The van der Waals surface area contributed by atoms with Crippen molar-refractivity contribution in [1.29, 1.82) is 0 Å². The summed E-state index contributed by atoms with van der Waals surface area (Å²) in [6, 6.07) is 7.90. The van der Waals surface area contributed by atoms with E-state index in [1.54, 1.807) is 0 Å². The van der Waals surface area contributed by atoms with Crippen molar-refractivity contribution >= 4 is 34.7 Å². The van der Waals surface area contributed by atoms with Crippen molar-refractivity contribution in [3.63, 3.8) is 0 Å². The predicted octanol–water partition coefficient (Wildman–Crippen LogP) is 2.81. The topological polar surface area (TPSA) is 20.3 Å². The van der Waals surface area contributed by atoms with E-state index in [0.717, 1.165) is 18.5 Å². The van der Waals surface area contributed by atoms with Gasteiger partial charge in [-0.15, -0.1) is 0 Å². The van der Waals surface area contributed by atoms with Crippen molar-refractivity contribution in [2.75, 3.05) is 11.9 Å². The third-order valence-corrected chi connectivity index (χ3v) is 3.50. The summed E-state index contributed by atoms with van der Waals surface area (Å²) in [6.07, 6.45) is 1.68. The molecule has 4 heteroatoms. The lowest BCUT2D eigenvalue weighted by atomic mass is 9.94. The Morgan fingerprint density at radius 3 is 2.81 bits per heavy atom. The number of fused-ring (bicyclic) bond motifs is 1. The Bertz CT molecular complexity index is 406. The molecule has 2 nitrogen and oxygen atoms in total. The molecular weight excluding hydrogens is 245 g/mol. The van der Waals surface area contributed by atoms with Crippen LogP contribution in [0.4, 0.5) is 5.69 Å². The fourth-order valence-electron chi connectivity index (χ4n) is 2.20. The summed E-state index contributed by atoms with van der Waals surface area (Å²) in [5.41, 5.74) is 2.37. The molecule has 0 N–H and O–H groups in total. The first kappa shape index (κ1) is 11.7. The van der Waals surface area contributed by atoms with E-state index in [1.165, 1.54) is 5.56 Å². The van der Waals surface area contributed by atoms with Gasteiger partial charge in [0.05, 0.1) is 6.04 Å². The average Bonchev–Trinajstić information content (AvgIpc) is 2.29. The van der Waals surface area contributed by atoms with Gasteiger partial charge < -0.3 is 4.90 Å². The molecule has 0 saturated heterocycles. The summed E-state index contributed by atoms with van der Waals surface area (Å²) >= 11 is 11.3. The highest BCUT2D eigenvalue weighted by molar-refractivity contribution is 6.54. The molecule has 0 aliphatic carbocycles. The van der Waals surface area contributed by atoms with Gasteiger partial charge in [-0.05, 0) is 24.5 Å². The van der Waals surface area contributed by atoms with E-state index in [-0.39, 0.29) is 11.8 Å². The van der Waals surface area contributed by atoms with Crippen LogP contribution in [0.5, 0.6) is 0 Å². The zero-order valence-electron chi connectivity index (χ0n) is 8.99. The van der Waals surface area contributed by atoms with Crippen LogP contribution in [0, 0.1) is 0 Å². The predicted molar refractivity (Wildman–Crippen MR) is 67.5 cm³/mol. The molecule has 0 radical (unpaired) electrons. The number of anilines is 1. The highest BCUT2D eigenvalue weighted by Gasteiger charge is 2.31. The molecule has 0 bridgehead atoms. The minimum atomic E-state index is -0.933. The zero-order chi connectivity index (χ0) is 11.7. The molecule has 2 rings (SSSR count). The van der Waals surface area contributed by atoms with Gasteiger partial charge in [0.25, 0.3) is 0 Å². The molecule has 16 heavy (non-hydrogen) atoms. The molecular formula is C12H13Cl2NO. The molecule has 0 spiro atoms. The summed E-state index contributed by atoms with van der Waals surface area (Å²) in [5, 5.41) is 0. The van der Waals surface area contributed by atoms with Gasteiger partial charge in [0, 0.05) is 12.7 Å². The molecule has 1 heterocycles. The number of benzene rings is 1. The van der Waals surface area contributed by atoms with Crippen molar-refractivity contribution in [3.8, 4) is 0 Å². The quantitative estimate of drug-likeness (QED) is 0.760. The summed E-state index contributed by atoms with van der Waals surface area (Å²) in [5.74, 6) is -0.111. The molecule has 0 aromatic heterocycles. The number of halogens is 2. The molecule has 1 aliphatic heterocycles. The van der Waals surface area contributed by atoms with Crippen LogP contribution in [-0.4, -0.2) is 23.7 Å². The highest BCUT2D eigenvalue weighted by Crippen LogP contribution is 2.30. The van der Waals surface area contributed by atoms with Crippen molar-refractivity contribution in [2.45, 2.75) is 23.7 Å². The molecule has 0 amide bonds. The van der Waals surface area contributed by atoms with Gasteiger partial charge in [-0.1, -0.05) is 41.4 Å². The Balaban J connectivity index is 2.28. The van der Waals surface area contributed by atoms with Crippen molar-refractivity contribution in [3.05, 3.63) is 29.8 Å². The lowest BCUT2D eigenvalue weighted by Gasteiger charge is -2.35. The first-order valence-corrected chi connectivity index (χ1v) is 6.11. The molecule has 86 valence electrons. The van der Waals surface area contributed by atoms with Crippen LogP contribution in [0.15, 0.2) is 24.3 Å². The third kappa shape index (κ3) is 2.04. The van der Waals surface area contributed by atoms with Crippen LogP contribution in [0.2, 0.25) is 0 Å². The summed E-state index contributed by atoms with van der Waals surface area (Å²) in [4.78, 5) is 12.9. The fraction of sp³-hybridized carbons (Fsp3) is 0.417. The number of aryl methyl sites for hydroxylation is 1. The largest absolute Gasteiger partial charge is 0.364 e. The smallest absolute Gasteiger partial charge is 0.187 e. The number of ketones is 1. The minimum Gasteiger partial charge on any atom is -0.364 e. The molecule has 0 fully saturated rings. The second-order valence-corrected chi connectivity index (χ2v) is 5.09. The minimum absolute atomic E-state index is 0.111. The standard InChI is InChI=1S/C12H13Cl2NO/c1-15-9-5-3-2-4-8(9)6-7-10(15)11(16)12(13)14/h2-5,10,12H,6-7H2,1H3. The second kappa shape index (κ2) is 4.64. The summed E-state index contributed by atoms with van der Waals surface area (Å²) < 4.78 is 0. The Hall–Kier alpha value is -0.730. The van der Waals surface area contributed by atoms with Crippen LogP contribution in [-0.2, 0) is 11.2 Å². The van der Waals surface area contributed by atoms with Crippen LogP contribution < -0.4 is 4.90 Å². The normalized spacial score (nSPS) is 19.8. The zero-order valence-corrected chi connectivity index (χ0v) is 10.5. The third-order valence-electron chi connectivity index (χ3n) is 3.07. The number of carbonyl (C=O) groups is 1. The van der Waals surface area contributed by atoms with Crippen molar-refractivity contribution in [1.82, 2.24) is 0 Å². The Morgan fingerprint density at radius 1 is 1.44 bits per heavy atom. The SMILES string of the molecule is CN1c2ccccc2CCC1C(=O)C(Cl)Cl. The number of para-hydroxylation sites is 1. The number of rotatable bonds is 2. The van der Waals surface area contributed by atoms with Gasteiger partial charge in [0.2, 0.25) is 0 Å². The number of Topliss-reactive ketones (excluding diaryl/α,β-unsaturated/α-hetero) is 1. The maximum atomic E-state index is 11.8. The van der Waals surface area contributed by atoms with E-state index < -0.39 is 4.84 Å². The van der Waals surface area contributed by atoms with E-state index >= 15 is 0 Å². The number of nitrogens with zero attached hydrogens (tertiary/aromatic N) is 1. The number of hydrogen-bond donors (Lipinski definition) is 0. The van der Waals surface area contributed by atoms with E-state index in [9.17, 15) is 4.79 Å². The Labute approximate surface area is 105 Å². The van der Waals surface area contributed by atoms with Crippen LogP contribution in [0.25, 0.3) is 0 Å². The van der Waals surface area contributed by atoms with Crippen LogP contribution >= 0.6 is 23.2 Å². The van der Waals surface area contributed by atoms with Crippen molar-refractivity contribution in [2.24, 2.45) is 0 Å².